The van der Waals surface area contributed by atoms with Crippen molar-refractivity contribution in [2.45, 2.75) is 73.6 Å². The number of hydrogen-bond acceptors (Lipinski definition) is 0. The molecule has 1 aliphatic rings. The van der Waals surface area contributed by atoms with Crippen molar-refractivity contribution in [3.63, 3.8) is 0 Å². The molecule has 0 atom stereocenters. The van der Waals surface area contributed by atoms with Crippen molar-refractivity contribution >= 4 is 16.3 Å². The van der Waals surface area contributed by atoms with Crippen LogP contribution >= 0.6 is 0 Å². The monoisotopic (exact) mass is 580 g/mol. The van der Waals surface area contributed by atoms with Crippen LogP contribution in [-0.4, -0.2) is 0 Å². The topological polar surface area (TPSA) is 0 Å². The fourth-order valence-electron chi connectivity index (χ4n) is 4.28. The molecule has 0 heterocycles. The summed E-state index contributed by atoms with van der Waals surface area (Å²) in [4.78, 5) is 0. The summed E-state index contributed by atoms with van der Waals surface area (Å²) in [6.45, 7) is 13.3. The summed E-state index contributed by atoms with van der Waals surface area (Å²) in [7, 11) is 0. The fourth-order valence-corrected chi connectivity index (χ4v) is 4.28. The maximum Gasteiger partial charge on any atom is 4.00 e. The second kappa shape index (κ2) is 13.3. The van der Waals surface area contributed by atoms with Crippen LogP contribution in [0, 0.1) is 55.5 Å². The Bertz CT molecular complexity index is 921. The summed E-state index contributed by atoms with van der Waals surface area (Å²) in [6, 6.07) is 13.2. The van der Waals surface area contributed by atoms with E-state index in [1.54, 1.807) is 0 Å². The quantitative estimate of drug-likeness (QED) is 0.165. The molecule has 0 aliphatic heterocycles. The molecule has 0 fully saturated rings. The molecule has 1 aliphatic carbocycles. The number of hydrogen-bond donors (Lipinski definition) is 0. The molecule has 31 heavy (non-hydrogen) atoms. The molecule has 0 radical (unpaired) electrons. The SMILES string of the molecule is CCCCCC1=[C-]Cc2ccc3ccccc3c21.Cc1c(C)c(C)[c-](C)c1C.[CH3-].[CH3-].[Hf+4]. The summed E-state index contributed by atoms with van der Waals surface area (Å²) in [5, 5.41) is 2.76. The Morgan fingerprint density at radius 1 is 0.871 bits per heavy atom. The van der Waals surface area contributed by atoms with E-state index in [4.69, 9.17) is 0 Å². The minimum atomic E-state index is 0. The van der Waals surface area contributed by atoms with Crippen molar-refractivity contribution in [3.8, 4) is 0 Å². The molecule has 3 aromatic carbocycles. The molecular weight excluding hydrogens is 539 g/mol. The van der Waals surface area contributed by atoms with E-state index in [1.165, 1.54) is 81.0 Å². The average Bonchev–Trinajstić information content (AvgIpc) is 3.21. The first-order chi connectivity index (χ1) is 13.5. The van der Waals surface area contributed by atoms with Crippen molar-refractivity contribution in [2.75, 3.05) is 0 Å². The molecule has 0 nitrogen and oxygen atoms in total. The van der Waals surface area contributed by atoms with E-state index in [0.717, 1.165) is 6.42 Å². The Labute approximate surface area is 211 Å². The molecule has 3 aromatic rings. The van der Waals surface area contributed by atoms with Crippen molar-refractivity contribution in [2.24, 2.45) is 0 Å². The second-order valence-electron chi connectivity index (χ2n) is 8.24. The van der Waals surface area contributed by atoms with Crippen LogP contribution in [-0.2, 0) is 32.3 Å². The van der Waals surface area contributed by atoms with Gasteiger partial charge in [0.15, 0.2) is 0 Å². The number of fused-ring (bicyclic) bond motifs is 3. The molecule has 4 rings (SSSR count). The molecule has 164 valence electrons. The van der Waals surface area contributed by atoms with E-state index in [0.29, 0.717) is 0 Å². The van der Waals surface area contributed by atoms with Gasteiger partial charge in [-0.3, -0.25) is 6.08 Å². The first-order valence-corrected chi connectivity index (χ1v) is 10.8. The zero-order valence-electron chi connectivity index (χ0n) is 21.0. The Hall–Kier alpha value is -1.34. The molecule has 0 unspecified atom stereocenters. The van der Waals surface area contributed by atoms with E-state index in [-0.39, 0.29) is 40.7 Å². The molecule has 0 saturated heterocycles. The van der Waals surface area contributed by atoms with Gasteiger partial charge in [0.25, 0.3) is 0 Å². The predicted octanol–water partition coefficient (Wildman–Crippen LogP) is 9.01. The second-order valence-corrected chi connectivity index (χ2v) is 8.24. The van der Waals surface area contributed by atoms with Crippen LogP contribution in [0.5, 0.6) is 0 Å². The Balaban J connectivity index is 0.000000604. The van der Waals surface area contributed by atoms with Gasteiger partial charge in [-0.1, -0.05) is 109 Å². The van der Waals surface area contributed by atoms with Crippen LogP contribution in [0.15, 0.2) is 36.4 Å². The Kier molecular flexibility index (Phi) is 12.7. The van der Waals surface area contributed by atoms with Crippen molar-refractivity contribution < 1.29 is 25.8 Å². The third-order valence-electron chi connectivity index (χ3n) is 6.65. The molecule has 0 spiro atoms. The summed E-state index contributed by atoms with van der Waals surface area (Å²) < 4.78 is 0. The molecular formula is C30H40Hf. The van der Waals surface area contributed by atoms with Crippen molar-refractivity contribution in [1.29, 1.82) is 0 Å². The fraction of sp³-hybridized carbons (Fsp3) is 0.367. The third kappa shape index (κ3) is 6.35. The maximum absolute atomic E-state index is 3.59. The van der Waals surface area contributed by atoms with Crippen LogP contribution < -0.4 is 0 Å². The Morgan fingerprint density at radius 3 is 2.03 bits per heavy atom. The van der Waals surface area contributed by atoms with Crippen LogP contribution in [0.3, 0.4) is 0 Å². The zero-order valence-corrected chi connectivity index (χ0v) is 24.6. The van der Waals surface area contributed by atoms with Crippen LogP contribution in [0.25, 0.3) is 16.3 Å². The minimum absolute atomic E-state index is 0. The van der Waals surface area contributed by atoms with E-state index in [9.17, 15) is 0 Å². The van der Waals surface area contributed by atoms with E-state index in [1.807, 2.05) is 0 Å². The molecule has 0 amide bonds. The maximum atomic E-state index is 3.59. The minimum Gasteiger partial charge on any atom is -0.358 e. The summed E-state index contributed by atoms with van der Waals surface area (Å²) >= 11 is 0. The van der Waals surface area contributed by atoms with Crippen LogP contribution in [0.2, 0.25) is 0 Å². The number of allylic oxidation sites excluding steroid dienone is 2. The smallest absolute Gasteiger partial charge is 0.358 e. The van der Waals surface area contributed by atoms with Gasteiger partial charge < -0.3 is 14.9 Å². The van der Waals surface area contributed by atoms with Gasteiger partial charge in [-0.25, -0.2) is 5.57 Å². The standard InChI is InChI=1S/C18H19.C10H15.2CH3.Hf/c1-2-3-4-8-15-12-13-16-11-10-14-7-5-6-9-17(14)18(15)16;1-6-7(2)9(4)10(5)8(6)3;;;/h5-7,9-11H,2-4,8,13H2,1H3;1-5H3;2*1H3;/q4*-1;+4. The Morgan fingerprint density at radius 2 is 1.48 bits per heavy atom. The zero-order chi connectivity index (χ0) is 20.3. The van der Waals surface area contributed by atoms with Gasteiger partial charge in [0.1, 0.15) is 0 Å². The number of benzene rings is 2. The van der Waals surface area contributed by atoms with Gasteiger partial charge in [-0.15, -0.1) is 12.0 Å². The molecule has 0 aromatic heterocycles. The van der Waals surface area contributed by atoms with Gasteiger partial charge in [0.05, 0.1) is 0 Å². The van der Waals surface area contributed by atoms with Crippen molar-refractivity contribution in [1.82, 2.24) is 0 Å². The average molecular weight is 579 g/mol. The molecule has 0 saturated carbocycles. The van der Waals surface area contributed by atoms with Gasteiger partial charge in [0, 0.05) is 0 Å². The summed E-state index contributed by atoms with van der Waals surface area (Å²) in [6.07, 6.45) is 9.69. The summed E-state index contributed by atoms with van der Waals surface area (Å²) in [5.41, 5.74) is 11.7. The largest absolute Gasteiger partial charge is 4.00 e. The predicted molar refractivity (Wildman–Crippen MR) is 137 cm³/mol. The third-order valence-corrected chi connectivity index (χ3v) is 6.65. The molecule has 0 N–H and O–H groups in total. The van der Waals surface area contributed by atoms with Gasteiger partial charge in [0.2, 0.25) is 0 Å². The van der Waals surface area contributed by atoms with Gasteiger partial charge in [-0.05, 0) is 5.39 Å². The molecule has 1 heteroatoms. The first-order valence-electron chi connectivity index (χ1n) is 10.8. The number of rotatable bonds is 4. The van der Waals surface area contributed by atoms with Crippen LogP contribution in [0.4, 0.5) is 0 Å². The van der Waals surface area contributed by atoms with E-state index < -0.39 is 0 Å². The van der Waals surface area contributed by atoms with E-state index in [2.05, 4.69) is 84.0 Å². The summed E-state index contributed by atoms with van der Waals surface area (Å²) in [5.74, 6) is 0. The van der Waals surface area contributed by atoms with Gasteiger partial charge >= 0.3 is 25.8 Å². The number of unbranched alkanes of at least 4 members (excludes halogenated alkanes) is 2. The molecule has 0 bridgehead atoms. The van der Waals surface area contributed by atoms with Gasteiger partial charge in [-0.2, -0.15) is 33.4 Å². The first kappa shape index (κ1) is 29.7. The normalized spacial score (nSPS) is 11.4. The van der Waals surface area contributed by atoms with Crippen molar-refractivity contribution in [3.05, 3.63) is 96.3 Å². The van der Waals surface area contributed by atoms with E-state index >= 15 is 0 Å². The van der Waals surface area contributed by atoms with Crippen LogP contribution in [0.1, 0.15) is 71.6 Å².